The number of nitrogens with one attached hydrogen (secondary N) is 2. The molecule has 1 aromatic heterocycles. The maximum absolute atomic E-state index is 12.6. The summed E-state index contributed by atoms with van der Waals surface area (Å²) in [6.45, 7) is 0. The van der Waals surface area contributed by atoms with Crippen LogP contribution in [-0.2, 0) is 10.0 Å². The Morgan fingerprint density at radius 2 is 1.79 bits per heavy atom. The zero-order valence-corrected chi connectivity index (χ0v) is 19.7. The molecule has 0 aliphatic heterocycles. The number of anilines is 2. The van der Waals surface area contributed by atoms with E-state index >= 15 is 0 Å². The van der Waals surface area contributed by atoms with E-state index in [9.17, 15) is 13.2 Å². The number of hydrogen-bond donors (Lipinski definition) is 2. The fraction of sp³-hybridized carbons (Fsp3) is 0.0435. The summed E-state index contributed by atoms with van der Waals surface area (Å²) in [6, 6.07) is 19.6. The molecule has 7 nitrogen and oxygen atoms in total. The molecular formula is C23H18ClN3O4S2. The fourth-order valence-electron chi connectivity index (χ4n) is 2.97. The van der Waals surface area contributed by atoms with Gasteiger partial charge in [-0.15, -0.1) is 11.3 Å². The van der Waals surface area contributed by atoms with E-state index in [0.717, 1.165) is 0 Å². The molecule has 4 aromatic rings. The Morgan fingerprint density at radius 1 is 1.03 bits per heavy atom. The van der Waals surface area contributed by atoms with Gasteiger partial charge in [-0.05, 0) is 54.6 Å². The molecule has 3 aromatic carbocycles. The van der Waals surface area contributed by atoms with Gasteiger partial charge in [-0.1, -0.05) is 29.8 Å². The van der Waals surface area contributed by atoms with Crippen LogP contribution in [0.3, 0.4) is 0 Å². The molecule has 0 aliphatic rings. The van der Waals surface area contributed by atoms with Gasteiger partial charge in [0.2, 0.25) is 0 Å². The van der Waals surface area contributed by atoms with Crippen molar-refractivity contribution >= 4 is 49.7 Å². The van der Waals surface area contributed by atoms with Gasteiger partial charge < -0.3 is 4.74 Å². The summed E-state index contributed by atoms with van der Waals surface area (Å²) in [6.07, 6.45) is 0. The quantitative estimate of drug-likeness (QED) is 0.348. The van der Waals surface area contributed by atoms with Crippen molar-refractivity contribution in [3.63, 3.8) is 0 Å². The summed E-state index contributed by atoms with van der Waals surface area (Å²) in [4.78, 5) is 17.1. The fourth-order valence-corrected chi connectivity index (χ4v) is 4.86. The average Bonchev–Trinajstić information content (AvgIpc) is 3.28. The Kier molecular flexibility index (Phi) is 6.64. The van der Waals surface area contributed by atoms with Gasteiger partial charge >= 0.3 is 0 Å². The molecule has 0 fully saturated rings. The molecule has 0 bridgehead atoms. The van der Waals surface area contributed by atoms with Crippen LogP contribution in [0.15, 0.2) is 83.1 Å². The van der Waals surface area contributed by atoms with Crippen LogP contribution in [0.2, 0.25) is 5.02 Å². The highest BCUT2D eigenvalue weighted by molar-refractivity contribution is 7.92. The first kappa shape index (κ1) is 22.8. The molecule has 0 aliphatic carbocycles. The number of sulfonamides is 1. The Hall–Kier alpha value is -3.40. The SMILES string of the molecule is COc1cccc(C(=O)Nc2nc(-c3cccc(NS(=O)(=O)c4ccc(Cl)cc4)c3)cs2)c1. The third-order valence-electron chi connectivity index (χ3n) is 4.59. The molecule has 0 atom stereocenters. The van der Waals surface area contributed by atoms with Crippen LogP contribution < -0.4 is 14.8 Å². The van der Waals surface area contributed by atoms with E-state index in [-0.39, 0.29) is 10.8 Å². The van der Waals surface area contributed by atoms with Crippen molar-refractivity contribution in [1.82, 2.24) is 4.98 Å². The van der Waals surface area contributed by atoms with Gasteiger partial charge in [-0.2, -0.15) is 0 Å². The number of hydrogen-bond acceptors (Lipinski definition) is 6. The number of benzene rings is 3. The number of nitrogens with zero attached hydrogens (tertiary/aromatic N) is 1. The van der Waals surface area contributed by atoms with Gasteiger partial charge in [0.25, 0.3) is 15.9 Å². The molecular weight excluding hydrogens is 482 g/mol. The van der Waals surface area contributed by atoms with E-state index in [1.165, 1.54) is 42.7 Å². The smallest absolute Gasteiger partial charge is 0.261 e. The van der Waals surface area contributed by atoms with Crippen LogP contribution in [0.4, 0.5) is 10.8 Å². The van der Waals surface area contributed by atoms with Gasteiger partial charge in [-0.25, -0.2) is 13.4 Å². The minimum atomic E-state index is -3.77. The number of thiazole rings is 1. The molecule has 33 heavy (non-hydrogen) atoms. The summed E-state index contributed by atoms with van der Waals surface area (Å²) in [5, 5.41) is 5.43. The number of halogens is 1. The first-order valence-electron chi connectivity index (χ1n) is 9.64. The monoisotopic (exact) mass is 499 g/mol. The number of amides is 1. The molecule has 0 saturated heterocycles. The van der Waals surface area contributed by atoms with Crippen LogP contribution in [0.5, 0.6) is 5.75 Å². The lowest BCUT2D eigenvalue weighted by Crippen LogP contribution is -2.12. The highest BCUT2D eigenvalue weighted by Crippen LogP contribution is 2.28. The third kappa shape index (κ3) is 5.51. The zero-order chi connectivity index (χ0) is 23.4. The van der Waals surface area contributed by atoms with E-state index in [0.29, 0.717) is 38.4 Å². The summed E-state index contributed by atoms with van der Waals surface area (Å²) < 4.78 is 33.0. The van der Waals surface area contributed by atoms with Gasteiger partial charge in [0.15, 0.2) is 5.13 Å². The van der Waals surface area contributed by atoms with Crippen LogP contribution in [0.1, 0.15) is 10.4 Å². The second kappa shape index (κ2) is 9.62. The minimum Gasteiger partial charge on any atom is -0.497 e. The molecule has 0 radical (unpaired) electrons. The Labute approximate surface area is 200 Å². The number of aromatic nitrogens is 1. The van der Waals surface area contributed by atoms with E-state index < -0.39 is 10.0 Å². The van der Waals surface area contributed by atoms with Crippen molar-refractivity contribution in [3.8, 4) is 17.0 Å². The van der Waals surface area contributed by atoms with Crippen molar-refractivity contribution in [3.05, 3.63) is 88.8 Å². The number of methoxy groups -OCH3 is 1. The normalized spacial score (nSPS) is 11.1. The molecule has 2 N–H and O–H groups in total. The number of carbonyl (C=O) groups excluding carboxylic acids is 1. The topological polar surface area (TPSA) is 97.4 Å². The molecule has 1 amide bonds. The predicted molar refractivity (Wildman–Crippen MR) is 131 cm³/mol. The van der Waals surface area contributed by atoms with Crippen molar-refractivity contribution in [1.29, 1.82) is 0 Å². The Morgan fingerprint density at radius 3 is 2.55 bits per heavy atom. The van der Waals surface area contributed by atoms with Crippen molar-refractivity contribution in [2.45, 2.75) is 4.90 Å². The van der Waals surface area contributed by atoms with Gasteiger partial charge in [0.1, 0.15) is 5.75 Å². The number of rotatable bonds is 7. The molecule has 4 rings (SSSR count). The highest BCUT2D eigenvalue weighted by Gasteiger charge is 2.15. The lowest BCUT2D eigenvalue weighted by molar-refractivity contribution is 0.102. The summed E-state index contributed by atoms with van der Waals surface area (Å²) in [7, 11) is -2.23. The Balaban J connectivity index is 1.50. The van der Waals surface area contributed by atoms with Crippen LogP contribution in [-0.4, -0.2) is 26.4 Å². The summed E-state index contributed by atoms with van der Waals surface area (Å²) >= 11 is 7.11. The van der Waals surface area contributed by atoms with Gasteiger partial charge in [0, 0.05) is 27.2 Å². The maximum atomic E-state index is 12.6. The van der Waals surface area contributed by atoms with Gasteiger partial charge in [-0.3, -0.25) is 14.8 Å². The van der Waals surface area contributed by atoms with Crippen LogP contribution >= 0.6 is 22.9 Å². The van der Waals surface area contributed by atoms with E-state index in [1.807, 2.05) is 6.07 Å². The molecule has 10 heteroatoms. The molecule has 0 saturated carbocycles. The first-order valence-corrected chi connectivity index (χ1v) is 12.4. The maximum Gasteiger partial charge on any atom is 0.261 e. The van der Waals surface area contributed by atoms with Crippen molar-refractivity contribution < 1.29 is 17.9 Å². The molecule has 0 spiro atoms. The summed E-state index contributed by atoms with van der Waals surface area (Å²) in [5.74, 6) is 0.277. The third-order valence-corrected chi connectivity index (χ3v) is 7.00. The van der Waals surface area contributed by atoms with Crippen LogP contribution in [0, 0.1) is 0 Å². The van der Waals surface area contributed by atoms with E-state index in [1.54, 1.807) is 47.8 Å². The number of ether oxygens (including phenoxy) is 1. The largest absolute Gasteiger partial charge is 0.497 e. The predicted octanol–water partition coefficient (Wildman–Crippen LogP) is 5.53. The van der Waals surface area contributed by atoms with Crippen molar-refractivity contribution in [2.24, 2.45) is 0 Å². The minimum absolute atomic E-state index is 0.105. The standard InChI is InChI=1S/C23H18ClN3O4S2/c1-31-19-7-3-5-16(13-19)22(28)26-23-25-21(14-32-23)15-4-2-6-18(12-15)27-33(29,30)20-10-8-17(24)9-11-20/h2-14,27H,1H3,(H,25,26,28). The van der Waals surface area contributed by atoms with Crippen LogP contribution in [0.25, 0.3) is 11.3 Å². The number of carbonyl (C=O) groups is 1. The highest BCUT2D eigenvalue weighted by atomic mass is 35.5. The molecule has 1 heterocycles. The molecule has 168 valence electrons. The lowest BCUT2D eigenvalue weighted by atomic mass is 10.1. The summed E-state index contributed by atoms with van der Waals surface area (Å²) in [5.41, 5.74) is 2.14. The first-order chi connectivity index (χ1) is 15.8. The lowest BCUT2D eigenvalue weighted by Gasteiger charge is -2.09. The Bertz CT molecular complexity index is 1400. The average molecular weight is 500 g/mol. The zero-order valence-electron chi connectivity index (χ0n) is 17.3. The molecule has 0 unspecified atom stereocenters. The van der Waals surface area contributed by atoms with E-state index in [4.69, 9.17) is 16.3 Å². The second-order valence-electron chi connectivity index (χ2n) is 6.86. The van der Waals surface area contributed by atoms with Gasteiger partial charge in [0.05, 0.1) is 17.7 Å². The second-order valence-corrected chi connectivity index (χ2v) is 9.84. The van der Waals surface area contributed by atoms with E-state index in [2.05, 4.69) is 15.0 Å². The van der Waals surface area contributed by atoms with Crippen molar-refractivity contribution in [2.75, 3.05) is 17.1 Å².